The SMILES string of the molecule is CNc1ncc(Br)cc1OC1CC1. The largest absolute Gasteiger partial charge is 0.487 e. The average molecular weight is 243 g/mol. The number of anilines is 1. The van der Waals surface area contributed by atoms with Crippen molar-refractivity contribution in [2.24, 2.45) is 0 Å². The lowest BCUT2D eigenvalue weighted by atomic mass is 10.4. The van der Waals surface area contributed by atoms with E-state index in [9.17, 15) is 0 Å². The number of aromatic nitrogens is 1. The van der Waals surface area contributed by atoms with Crippen molar-refractivity contribution < 1.29 is 4.74 Å². The summed E-state index contributed by atoms with van der Waals surface area (Å²) in [7, 11) is 1.84. The first-order valence-corrected chi connectivity index (χ1v) is 5.09. The van der Waals surface area contributed by atoms with Gasteiger partial charge in [0, 0.05) is 17.7 Å². The Labute approximate surface area is 85.6 Å². The first-order chi connectivity index (χ1) is 6.29. The fourth-order valence-corrected chi connectivity index (χ4v) is 1.37. The molecule has 2 rings (SSSR count). The topological polar surface area (TPSA) is 34.2 Å². The van der Waals surface area contributed by atoms with E-state index in [2.05, 4.69) is 26.2 Å². The van der Waals surface area contributed by atoms with E-state index in [4.69, 9.17) is 4.74 Å². The maximum absolute atomic E-state index is 5.67. The van der Waals surface area contributed by atoms with Crippen LogP contribution in [0, 0.1) is 0 Å². The second-order valence-electron chi connectivity index (χ2n) is 3.07. The molecule has 0 bridgehead atoms. The number of pyridine rings is 1. The van der Waals surface area contributed by atoms with Gasteiger partial charge in [-0.3, -0.25) is 0 Å². The monoisotopic (exact) mass is 242 g/mol. The van der Waals surface area contributed by atoms with E-state index in [0.29, 0.717) is 6.10 Å². The van der Waals surface area contributed by atoms with E-state index in [1.807, 2.05) is 13.1 Å². The van der Waals surface area contributed by atoms with Gasteiger partial charge in [-0.2, -0.15) is 0 Å². The Morgan fingerprint density at radius 1 is 1.62 bits per heavy atom. The molecule has 4 heteroatoms. The number of rotatable bonds is 3. The maximum atomic E-state index is 5.67. The van der Waals surface area contributed by atoms with Crippen LogP contribution in [0.25, 0.3) is 0 Å². The van der Waals surface area contributed by atoms with E-state index in [1.54, 1.807) is 6.20 Å². The molecule has 1 heterocycles. The fraction of sp³-hybridized carbons (Fsp3) is 0.444. The summed E-state index contributed by atoms with van der Waals surface area (Å²) in [6.45, 7) is 0. The van der Waals surface area contributed by atoms with Crippen LogP contribution in [-0.2, 0) is 0 Å². The van der Waals surface area contributed by atoms with Crippen LogP contribution in [-0.4, -0.2) is 18.1 Å². The van der Waals surface area contributed by atoms with E-state index in [0.717, 1.165) is 28.9 Å². The van der Waals surface area contributed by atoms with E-state index < -0.39 is 0 Å². The van der Waals surface area contributed by atoms with Crippen molar-refractivity contribution in [2.75, 3.05) is 12.4 Å². The third kappa shape index (κ3) is 2.12. The Morgan fingerprint density at radius 3 is 3.00 bits per heavy atom. The number of hydrogen-bond donors (Lipinski definition) is 1. The molecule has 0 amide bonds. The normalized spacial score (nSPS) is 15.5. The molecule has 3 nitrogen and oxygen atoms in total. The van der Waals surface area contributed by atoms with Crippen molar-refractivity contribution in [3.63, 3.8) is 0 Å². The molecule has 1 aromatic rings. The number of hydrogen-bond acceptors (Lipinski definition) is 3. The molecule has 0 radical (unpaired) electrons. The summed E-state index contributed by atoms with van der Waals surface area (Å²) in [5.41, 5.74) is 0. The van der Waals surface area contributed by atoms with Gasteiger partial charge in [-0.05, 0) is 34.8 Å². The molecule has 1 aliphatic carbocycles. The molecule has 1 aliphatic rings. The molecule has 0 aliphatic heterocycles. The minimum atomic E-state index is 0.406. The number of ether oxygens (including phenoxy) is 1. The van der Waals surface area contributed by atoms with Crippen LogP contribution in [0.4, 0.5) is 5.82 Å². The molecular formula is C9H11BrN2O. The Kier molecular flexibility index (Phi) is 2.40. The van der Waals surface area contributed by atoms with Crippen LogP contribution < -0.4 is 10.1 Å². The van der Waals surface area contributed by atoms with Gasteiger partial charge >= 0.3 is 0 Å². The van der Waals surface area contributed by atoms with Crippen LogP contribution in [0.1, 0.15) is 12.8 Å². The standard InChI is InChI=1S/C9H11BrN2O/c1-11-9-8(13-7-2-3-7)4-6(10)5-12-9/h4-5,7H,2-3H2,1H3,(H,11,12). The van der Waals surface area contributed by atoms with Crippen molar-refractivity contribution in [2.45, 2.75) is 18.9 Å². The number of nitrogens with zero attached hydrogens (tertiary/aromatic N) is 1. The van der Waals surface area contributed by atoms with Gasteiger partial charge < -0.3 is 10.1 Å². The van der Waals surface area contributed by atoms with Gasteiger partial charge in [-0.1, -0.05) is 0 Å². The lowest BCUT2D eigenvalue weighted by molar-refractivity contribution is 0.303. The van der Waals surface area contributed by atoms with Gasteiger partial charge in [0.25, 0.3) is 0 Å². The highest BCUT2D eigenvalue weighted by Gasteiger charge is 2.24. The van der Waals surface area contributed by atoms with Gasteiger partial charge in [-0.25, -0.2) is 4.98 Å². The molecule has 0 aromatic carbocycles. The van der Waals surface area contributed by atoms with E-state index in [-0.39, 0.29) is 0 Å². The van der Waals surface area contributed by atoms with Crippen LogP contribution >= 0.6 is 15.9 Å². The van der Waals surface area contributed by atoms with Gasteiger partial charge in [0.05, 0.1) is 6.10 Å². The van der Waals surface area contributed by atoms with Crippen molar-refractivity contribution in [3.8, 4) is 5.75 Å². The average Bonchev–Trinajstić information content (AvgIpc) is 2.89. The van der Waals surface area contributed by atoms with E-state index in [1.165, 1.54) is 0 Å². The predicted octanol–water partition coefficient (Wildman–Crippen LogP) is 2.43. The lowest BCUT2D eigenvalue weighted by Crippen LogP contribution is -2.01. The van der Waals surface area contributed by atoms with E-state index >= 15 is 0 Å². The molecule has 0 unspecified atom stereocenters. The highest BCUT2D eigenvalue weighted by molar-refractivity contribution is 9.10. The van der Waals surface area contributed by atoms with Crippen LogP contribution in [0.5, 0.6) is 5.75 Å². The van der Waals surface area contributed by atoms with Gasteiger partial charge in [0.1, 0.15) is 0 Å². The summed E-state index contributed by atoms with van der Waals surface area (Å²) in [5.74, 6) is 1.63. The summed E-state index contributed by atoms with van der Waals surface area (Å²) >= 11 is 3.37. The zero-order valence-electron chi connectivity index (χ0n) is 7.38. The van der Waals surface area contributed by atoms with Crippen LogP contribution in [0.2, 0.25) is 0 Å². The maximum Gasteiger partial charge on any atom is 0.168 e. The summed E-state index contributed by atoms with van der Waals surface area (Å²) in [5, 5.41) is 3.00. The quantitative estimate of drug-likeness (QED) is 0.885. The summed E-state index contributed by atoms with van der Waals surface area (Å²) in [6, 6.07) is 1.94. The first-order valence-electron chi connectivity index (χ1n) is 4.29. The third-order valence-electron chi connectivity index (χ3n) is 1.87. The Bertz CT molecular complexity index is 312. The molecule has 0 saturated heterocycles. The highest BCUT2D eigenvalue weighted by atomic mass is 79.9. The molecule has 1 N–H and O–H groups in total. The summed E-state index contributed by atoms with van der Waals surface area (Å²) in [6.07, 6.45) is 4.49. The molecular weight excluding hydrogens is 232 g/mol. The molecule has 1 fully saturated rings. The third-order valence-corrected chi connectivity index (χ3v) is 2.31. The smallest absolute Gasteiger partial charge is 0.168 e. The second-order valence-corrected chi connectivity index (χ2v) is 3.98. The molecule has 70 valence electrons. The minimum Gasteiger partial charge on any atom is -0.487 e. The summed E-state index contributed by atoms with van der Waals surface area (Å²) < 4.78 is 6.62. The molecule has 0 spiro atoms. The fourth-order valence-electron chi connectivity index (χ4n) is 1.06. The first kappa shape index (κ1) is 8.81. The number of nitrogens with one attached hydrogen (secondary N) is 1. The Hall–Kier alpha value is -0.770. The molecule has 1 saturated carbocycles. The minimum absolute atomic E-state index is 0.406. The highest BCUT2D eigenvalue weighted by Crippen LogP contribution is 2.32. The predicted molar refractivity (Wildman–Crippen MR) is 55.1 cm³/mol. The van der Waals surface area contributed by atoms with Crippen LogP contribution in [0.15, 0.2) is 16.7 Å². The van der Waals surface area contributed by atoms with Gasteiger partial charge in [0.2, 0.25) is 0 Å². The van der Waals surface area contributed by atoms with Crippen LogP contribution in [0.3, 0.4) is 0 Å². The van der Waals surface area contributed by atoms with Crippen molar-refractivity contribution in [3.05, 3.63) is 16.7 Å². The second kappa shape index (κ2) is 3.54. The van der Waals surface area contributed by atoms with Crippen molar-refractivity contribution in [1.29, 1.82) is 0 Å². The number of halogens is 1. The molecule has 0 atom stereocenters. The van der Waals surface area contributed by atoms with Gasteiger partial charge in [0.15, 0.2) is 11.6 Å². The zero-order valence-corrected chi connectivity index (χ0v) is 8.97. The van der Waals surface area contributed by atoms with Crippen molar-refractivity contribution >= 4 is 21.7 Å². The lowest BCUT2D eigenvalue weighted by Gasteiger charge is -2.09. The zero-order chi connectivity index (χ0) is 9.26. The molecule has 1 aromatic heterocycles. The Morgan fingerprint density at radius 2 is 2.38 bits per heavy atom. The van der Waals surface area contributed by atoms with Gasteiger partial charge in [-0.15, -0.1) is 0 Å². The molecule has 13 heavy (non-hydrogen) atoms. The van der Waals surface area contributed by atoms with Crippen molar-refractivity contribution in [1.82, 2.24) is 4.98 Å². The summed E-state index contributed by atoms with van der Waals surface area (Å²) in [4.78, 5) is 4.19. The Balaban J connectivity index is 2.22.